The smallest absolute Gasteiger partial charge is 0.255 e. The number of benzene rings is 2. The van der Waals surface area contributed by atoms with Gasteiger partial charge in [0.1, 0.15) is 0 Å². The number of nitrogens with zero attached hydrogens (tertiary/aromatic N) is 1. The van der Waals surface area contributed by atoms with Crippen LogP contribution in [0.15, 0.2) is 42.5 Å². The van der Waals surface area contributed by atoms with Gasteiger partial charge >= 0.3 is 0 Å². The Morgan fingerprint density at radius 2 is 1.69 bits per heavy atom. The molecular formula is C20H22N2O4. The second kappa shape index (κ2) is 7.66. The second-order valence-corrected chi connectivity index (χ2v) is 6.28. The molecule has 2 aliphatic heterocycles. The van der Waals surface area contributed by atoms with Gasteiger partial charge in [-0.25, -0.2) is 0 Å². The fraction of sp³-hybridized carbons (Fsp3) is 0.350. The van der Waals surface area contributed by atoms with Gasteiger partial charge in [-0.2, -0.15) is 0 Å². The molecule has 2 aromatic carbocycles. The van der Waals surface area contributed by atoms with Gasteiger partial charge in [0.05, 0.1) is 37.8 Å². The molecule has 0 bridgehead atoms. The minimum Gasteiger partial charge on any atom is -0.490 e. The molecular weight excluding hydrogens is 332 g/mol. The molecule has 0 radical (unpaired) electrons. The van der Waals surface area contributed by atoms with E-state index in [1.165, 1.54) is 0 Å². The van der Waals surface area contributed by atoms with Crippen molar-refractivity contribution in [2.45, 2.75) is 6.42 Å². The van der Waals surface area contributed by atoms with E-state index < -0.39 is 0 Å². The molecule has 6 heteroatoms. The number of para-hydroxylation sites is 2. The Morgan fingerprint density at radius 1 is 0.923 bits per heavy atom. The molecule has 26 heavy (non-hydrogen) atoms. The molecule has 1 N–H and O–H groups in total. The standard InChI is InChI=1S/C20H22N2O4/c23-20(15-6-7-18-19(14-15)26-11-3-10-25-18)21-16-4-1-2-5-17(16)22-8-12-24-13-9-22/h1-2,4-7,14H,3,8-13H2,(H,21,23). The van der Waals surface area contributed by atoms with Crippen LogP contribution in [-0.4, -0.2) is 45.4 Å². The van der Waals surface area contributed by atoms with Crippen LogP contribution in [-0.2, 0) is 4.74 Å². The summed E-state index contributed by atoms with van der Waals surface area (Å²) >= 11 is 0. The summed E-state index contributed by atoms with van der Waals surface area (Å²) in [6, 6.07) is 13.2. The van der Waals surface area contributed by atoms with Gasteiger partial charge in [0.15, 0.2) is 11.5 Å². The fourth-order valence-electron chi connectivity index (χ4n) is 3.16. The minimum absolute atomic E-state index is 0.165. The Kier molecular flexibility index (Phi) is 4.93. The van der Waals surface area contributed by atoms with Gasteiger partial charge < -0.3 is 24.4 Å². The monoisotopic (exact) mass is 354 g/mol. The number of amides is 1. The minimum atomic E-state index is -0.165. The first-order valence-electron chi connectivity index (χ1n) is 8.94. The molecule has 136 valence electrons. The molecule has 4 rings (SSSR count). The summed E-state index contributed by atoms with van der Waals surface area (Å²) in [5.41, 5.74) is 2.36. The molecule has 0 spiro atoms. The lowest BCUT2D eigenvalue weighted by Gasteiger charge is -2.30. The first-order valence-corrected chi connectivity index (χ1v) is 8.94. The highest BCUT2D eigenvalue weighted by molar-refractivity contribution is 6.06. The molecule has 2 aliphatic rings. The SMILES string of the molecule is O=C(Nc1ccccc1N1CCOCC1)c1ccc2c(c1)OCCCO2. The predicted octanol–water partition coefficient (Wildman–Crippen LogP) is 2.94. The van der Waals surface area contributed by atoms with Crippen LogP contribution in [0.3, 0.4) is 0 Å². The van der Waals surface area contributed by atoms with Crippen LogP contribution in [0.4, 0.5) is 11.4 Å². The number of anilines is 2. The van der Waals surface area contributed by atoms with Gasteiger partial charge in [-0.3, -0.25) is 4.79 Å². The normalized spacial score (nSPS) is 16.7. The van der Waals surface area contributed by atoms with Gasteiger partial charge in [-0.15, -0.1) is 0 Å². The second-order valence-electron chi connectivity index (χ2n) is 6.28. The van der Waals surface area contributed by atoms with Crippen LogP contribution in [0.1, 0.15) is 16.8 Å². The third-order valence-corrected chi connectivity index (χ3v) is 4.51. The molecule has 2 heterocycles. The van der Waals surface area contributed by atoms with Gasteiger partial charge in [0.25, 0.3) is 5.91 Å². The van der Waals surface area contributed by atoms with E-state index >= 15 is 0 Å². The zero-order chi connectivity index (χ0) is 17.8. The van der Waals surface area contributed by atoms with Crippen molar-refractivity contribution in [3.8, 4) is 11.5 Å². The summed E-state index contributed by atoms with van der Waals surface area (Å²) in [5, 5.41) is 3.03. The third-order valence-electron chi connectivity index (χ3n) is 4.51. The number of rotatable bonds is 3. The van der Waals surface area contributed by atoms with Crippen LogP contribution < -0.4 is 19.7 Å². The van der Waals surface area contributed by atoms with Crippen LogP contribution in [0.5, 0.6) is 11.5 Å². The lowest BCUT2D eigenvalue weighted by atomic mass is 10.1. The van der Waals surface area contributed by atoms with Gasteiger partial charge in [0.2, 0.25) is 0 Å². The molecule has 2 aromatic rings. The highest BCUT2D eigenvalue weighted by Gasteiger charge is 2.18. The summed E-state index contributed by atoms with van der Waals surface area (Å²) in [7, 11) is 0. The molecule has 0 aromatic heterocycles. The topological polar surface area (TPSA) is 60.0 Å². The van der Waals surface area contributed by atoms with Gasteiger partial charge in [-0.05, 0) is 30.3 Å². The number of fused-ring (bicyclic) bond motifs is 1. The predicted molar refractivity (Wildman–Crippen MR) is 99.5 cm³/mol. The maximum absolute atomic E-state index is 12.8. The molecule has 6 nitrogen and oxygen atoms in total. The quantitative estimate of drug-likeness (QED) is 0.918. The third kappa shape index (κ3) is 3.60. The van der Waals surface area contributed by atoms with E-state index in [1.54, 1.807) is 18.2 Å². The fourth-order valence-corrected chi connectivity index (χ4v) is 3.16. The maximum atomic E-state index is 12.8. The van der Waals surface area contributed by atoms with Crippen molar-refractivity contribution < 1.29 is 19.0 Å². The Morgan fingerprint density at radius 3 is 2.54 bits per heavy atom. The number of morpholine rings is 1. The van der Waals surface area contributed by atoms with Crippen molar-refractivity contribution in [1.29, 1.82) is 0 Å². The zero-order valence-electron chi connectivity index (χ0n) is 14.6. The van der Waals surface area contributed by atoms with Crippen molar-refractivity contribution in [1.82, 2.24) is 0 Å². The molecule has 0 aliphatic carbocycles. The summed E-state index contributed by atoms with van der Waals surface area (Å²) < 4.78 is 16.7. The van der Waals surface area contributed by atoms with Crippen molar-refractivity contribution >= 4 is 17.3 Å². The summed E-state index contributed by atoms with van der Waals surface area (Å²) in [5.74, 6) is 1.14. The van der Waals surface area contributed by atoms with Crippen LogP contribution in [0, 0.1) is 0 Å². The molecule has 0 atom stereocenters. The van der Waals surface area contributed by atoms with E-state index in [2.05, 4.69) is 10.2 Å². The number of carbonyl (C=O) groups is 1. The number of carbonyl (C=O) groups excluding carboxylic acids is 1. The van der Waals surface area contributed by atoms with Crippen LogP contribution >= 0.6 is 0 Å². The average Bonchev–Trinajstić information content (AvgIpc) is 2.94. The average molecular weight is 354 g/mol. The summed E-state index contributed by atoms with van der Waals surface area (Å²) in [6.45, 7) is 4.26. The van der Waals surface area contributed by atoms with E-state index in [1.807, 2.05) is 24.3 Å². The lowest BCUT2D eigenvalue weighted by molar-refractivity contribution is 0.102. The van der Waals surface area contributed by atoms with Crippen molar-refractivity contribution in [2.24, 2.45) is 0 Å². The van der Waals surface area contributed by atoms with Crippen molar-refractivity contribution in [3.05, 3.63) is 48.0 Å². The largest absolute Gasteiger partial charge is 0.490 e. The van der Waals surface area contributed by atoms with E-state index in [0.29, 0.717) is 43.5 Å². The summed E-state index contributed by atoms with van der Waals surface area (Å²) in [4.78, 5) is 15.0. The van der Waals surface area contributed by atoms with E-state index in [9.17, 15) is 4.79 Å². The Labute approximate surface area is 152 Å². The first-order chi connectivity index (χ1) is 12.8. The molecule has 1 fully saturated rings. The molecule has 0 saturated carbocycles. The lowest BCUT2D eigenvalue weighted by Crippen LogP contribution is -2.36. The van der Waals surface area contributed by atoms with E-state index in [-0.39, 0.29) is 5.91 Å². The number of ether oxygens (including phenoxy) is 3. The van der Waals surface area contributed by atoms with E-state index in [4.69, 9.17) is 14.2 Å². The Bertz CT molecular complexity index is 787. The highest BCUT2D eigenvalue weighted by Crippen LogP contribution is 2.31. The van der Waals surface area contributed by atoms with Gasteiger partial charge in [0, 0.05) is 25.1 Å². The number of hydrogen-bond acceptors (Lipinski definition) is 5. The van der Waals surface area contributed by atoms with Crippen LogP contribution in [0.2, 0.25) is 0 Å². The van der Waals surface area contributed by atoms with Crippen LogP contribution in [0.25, 0.3) is 0 Å². The Hall–Kier alpha value is -2.73. The van der Waals surface area contributed by atoms with Crippen molar-refractivity contribution in [2.75, 3.05) is 49.7 Å². The molecule has 1 amide bonds. The van der Waals surface area contributed by atoms with E-state index in [0.717, 1.165) is 30.9 Å². The maximum Gasteiger partial charge on any atom is 0.255 e. The number of hydrogen-bond donors (Lipinski definition) is 1. The highest BCUT2D eigenvalue weighted by atomic mass is 16.5. The van der Waals surface area contributed by atoms with Gasteiger partial charge in [-0.1, -0.05) is 12.1 Å². The zero-order valence-corrected chi connectivity index (χ0v) is 14.6. The van der Waals surface area contributed by atoms with Crippen molar-refractivity contribution in [3.63, 3.8) is 0 Å². The summed E-state index contributed by atoms with van der Waals surface area (Å²) in [6.07, 6.45) is 0.836. The Balaban J connectivity index is 1.54. The number of nitrogens with one attached hydrogen (secondary N) is 1. The first kappa shape index (κ1) is 16.7. The molecule has 0 unspecified atom stereocenters. The molecule has 1 saturated heterocycles.